The summed E-state index contributed by atoms with van der Waals surface area (Å²) < 4.78 is 29.6. The first kappa shape index (κ1) is 9.97. The van der Waals surface area contributed by atoms with Gasteiger partial charge in [-0.3, -0.25) is 0 Å². The third-order valence-electron chi connectivity index (χ3n) is 1.84. The van der Waals surface area contributed by atoms with Gasteiger partial charge in [-0.2, -0.15) is 4.37 Å². The van der Waals surface area contributed by atoms with Crippen molar-refractivity contribution in [1.29, 1.82) is 0 Å². The van der Waals surface area contributed by atoms with E-state index in [1.54, 1.807) is 0 Å². The van der Waals surface area contributed by atoms with E-state index in [0.29, 0.717) is 10.6 Å². The van der Waals surface area contributed by atoms with E-state index in [0.717, 1.165) is 17.6 Å². The molecule has 1 aromatic carbocycles. The van der Waals surface area contributed by atoms with Crippen LogP contribution in [0.5, 0.6) is 0 Å². The van der Waals surface area contributed by atoms with Gasteiger partial charge in [0.25, 0.3) is 0 Å². The first-order chi connectivity index (χ1) is 7.15. The van der Waals surface area contributed by atoms with Crippen molar-refractivity contribution in [3.63, 3.8) is 0 Å². The quantitative estimate of drug-likeness (QED) is 0.853. The lowest BCUT2D eigenvalue weighted by Crippen LogP contribution is -1.94. The summed E-state index contributed by atoms with van der Waals surface area (Å²) >= 11 is 1.11. The number of hydrogen-bond acceptors (Lipinski definition) is 4. The van der Waals surface area contributed by atoms with Crippen LogP contribution in [0.1, 0.15) is 10.6 Å². The van der Waals surface area contributed by atoms with Gasteiger partial charge >= 0.3 is 0 Å². The summed E-state index contributed by atoms with van der Waals surface area (Å²) in [7, 11) is 0. The second-order valence-corrected chi connectivity index (χ2v) is 3.80. The summed E-state index contributed by atoms with van der Waals surface area (Å²) in [6.45, 7) is 0. The van der Waals surface area contributed by atoms with E-state index in [-0.39, 0.29) is 12.4 Å². The molecular formula is C9H7F2N3S. The Hall–Kier alpha value is -1.56. The number of benzene rings is 1. The Balaban J connectivity index is 2.24. The molecule has 0 radical (unpaired) electrons. The van der Waals surface area contributed by atoms with Crippen LogP contribution in [0, 0.1) is 11.6 Å². The Labute approximate surface area is 88.7 Å². The number of aromatic nitrogens is 2. The minimum atomic E-state index is -0.590. The molecule has 0 atom stereocenters. The first-order valence-electron chi connectivity index (χ1n) is 4.17. The fourth-order valence-corrected chi connectivity index (χ4v) is 1.76. The van der Waals surface area contributed by atoms with Gasteiger partial charge in [0.05, 0.1) is 0 Å². The highest BCUT2D eigenvalue weighted by Crippen LogP contribution is 2.16. The van der Waals surface area contributed by atoms with E-state index in [2.05, 4.69) is 9.36 Å². The van der Waals surface area contributed by atoms with Crippen molar-refractivity contribution in [1.82, 2.24) is 9.36 Å². The van der Waals surface area contributed by atoms with Crippen molar-refractivity contribution < 1.29 is 8.78 Å². The molecule has 2 rings (SSSR count). The van der Waals surface area contributed by atoms with E-state index in [1.165, 1.54) is 12.1 Å². The number of rotatable bonds is 2. The Morgan fingerprint density at radius 2 is 2.13 bits per heavy atom. The molecule has 78 valence electrons. The van der Waals surface area contributed by atoms with Crippen LogP contribution in [0.4, 0.5) is 14.7 Å². The zero-order valence-electron chi connectivity index (χ0n) is 7.58. The largest absolute Gasteiger partial charge is 0.367 e. The minimum absolute atomic E-state index is 0.178. The molecule has 0 fully saturated rings. The van der Waals surface area contributed by atoms with Gasteiger partial charge in [0.1, 0.15) is 16.6 Å². The smallest absolute Gasteiger partial charge is 0.232 e. The Morgan fingerprint density at radius 1 is 1.33 bits per heavy atom. The molecule has 0 aliphatic rings. The highest BCUT2D eigenvalue weighted by molar-refractivity contribution is 7.05. The summed E-state index contributed by atoms with van der Waals surface area (Å²) in [5, 5.41) is 0.609. The third kappa shape index (κ3) is 2.27. The summed E-state index contributed by atoms with van der Waals surface area (Å²) in [6.07, 6.45) is 0.279. The van der Waals surface area contributed by atoms with Crippen molar-refractivity contribution >= 4 is 17.5 Å². The summed E-state index contributed by atoms with van der Waals surface area (Å²) in [6, 6.07) is 3.45. The van der Waals surface area contributed by atoms with E-state index in [9.17, 15) is 8.78 Å². The average Bonchev–Trinajstić information content (AvgIpc) is 2.56. The van der Waals surface area contributed by atoms with Crippen molar-refractivity contribution in [2.24, 2.45) is 0 Å². The van der Waals surface area contributed by atoms with E-state index in [4.69, 9.17) is 5.73 Å². The van der Waals surface area contributed by atoms with E-state index < -0.39 is 11.6 Å². The van der Waals surface area contributed by atoms with Crippen molar-refractivity contribution in [2.75, 3.05) is 5.73 Å². The highest BCUT2D eigenvalue weighted by atomic mass is 32.1. The molecule has 0 aliphatic carbocycles. The van der Waals surface area contributed by atoms with Crippen LogP contribution in [0.3, 0.4) is 0 Å². The molecule has 0 spiro atoms. The number of halogens is 2. The zero-order chi connectivity index (χ0) is 10.8. The first-order valence-corrected chi connectivity index (χ1v) is 4.94. The van der Waals surface area contributed by atoms with Crippen LogP contribution in [0.2, 0.25) is 0 Å². The molecule has 0 saturated heterocycles. The predicted molar refractivity (Wildman–Crippen MR) is 53.5 cm³/mol. The molecule has 2 N–H and O–H groups in total. The van der Waals surface area contributed by atoms with Gasteiger partial charge in [-0.25, -0.2) is 13.8 Å². The standard InChI is InChI=1S/C9H7F2N3S/c10-6-2-1-5(7(11)4-6)3-8-13-9(12)14-15-8/h1-2,4H,3H2,(H2,12,14). The van der Waals surface area contributed by atoms with Gasteiger partial charge in [-0.05, 0) is 23.2 Å². The second kappa shape index (κ2) is 3.90. The fraction of sp³-hybridized carbons (Fsp3) is 0.111. The maximum atomic E-state index is 13.2. The summed E-state index contributed by atoms with van der Waals surface area (Å²) in [5.74, 6) is -0.991. The molecule has 1 aromatic heterocycles. The molecule has 1 heterocycles. The van der Waals surface area contributed by atoms with Crippen LogP contribution < -0.4 is 5.73 Å². The molecule has 6 heteroatoms. The van der Waals surface area contributed by atoms with Crippen molar-refractivity contribution in [2.45, 2.75) is 6.42 Å². The van der Waals surface area contributed by atoms with E-state index >= 15 is 0 Å². The van der Waals surface area contributed by atoms with Crippen LogP contribution in [-0.2, 0) is 6.42 Å². The van der Waals surface area contributed by atoms with Crippen LogP contribution in [0.25, 0.3) is 0 Å². The number of nitrogens with two attached hydrogens (primary N) is 1. The lowest BCUT2D eigenvalue weighted by Gasteiger charge is -1.99. The van der Waals surface area contributed by atoms with Gasteiger partial charge in [0, 0.05) is 12.5 Å². The molecule has 0 aliphatic heterocycles. The minimum Gasteiger partial charge on any atom is -0.367 e. The van der Waals surface area contributed by atoms with Gasteiger partial charge in [-0.15, -0.1) is 0 Å². The second-order valence-electron chi connectivity index (χ2n) is 2.96. The molecular weight excluding hydrogens is 220 g/mol. The lowest BCUT2D eigenvalue weighted by atomic mass is 10.1. The number of anilines is 1. The molecule has 0 unspecified atom stereocenters. The van der Waals surface area contributed by atoms with Crippen LogP contribution in [0.15, 0.2) is 18.2 Å². The van der Waals surface area contributed by atoms with Gasteiger partial charge < -0.3 is 5.73 Å². The summed E-state index contributed by atoms with van der Waals surface area (Å²) in [4.78, 5) is 3.89. The zero-order valence-corrected chi connectivity index (χ0v) is 8.39. The van der Waals surface area contributed by atoms with Crippen molar-refractivity contribution in [3.8, 4) is 0 Å². The number of nitrogen functional groups attached to an aromatic ring is 1. The monoisotopic (exact) mass is 227 g/mol. The third-order valence-corrected chi connectivity index (χ3v) is 2.57. The molecule has 15 heavy (non-hydrogen) atoms. The van der Waals surface area contributed by atoms with Gasteiger partial charge in [0.15, 0.2) is 0 Å². The predicted octanol–water partition coefficient (Wildman–Crippen LogP) is 1.99. The van der Waals surface area contributed by atoms with Gasteiger partial charge in [-0.1, -0.05) is 6.07 Å². The Bertz CT molecular complexity index is 484. The molecule has 3 nitrogen and oxygen atoms in total. The molecule has 2 aromatic rings. The Kier molecular flexibility index (Phi) is 2.59. The molecule has 0 amide bonds. The van der Waals surface area contributed by atoms with Crippen molar-refractivity contribution in [3.05, 3.63) is 40.4 Å². The van der Waals surface area contributed by atoms with Crippen LogP contribution in [-0.4, -0.2) is 9.36 Å². The maximum Gasteiger partial charge on any atom is 0.232 e. The maximum absolute atomic E-state index is 13.2. The topological polar surface area (TPSA) is 51.8 Å². The average molecular weight is 227 g/mol. The Morgan fingerprint density at radius 3 is 2.73 bits per heavy atom. The van der Waals surface area contributed by atoms with E-state index in [1.807, 2.05) is 0 Å². The number of nitrogens with zero attached hydrogens (tertiary/aromatic N) is 2. The normalized spacial score (nSPS) is 10.5. The molecule has 0 bridgehead atoms. The molecule has 0 saturated carbocycles. The highest BCUT2D eigenvalue weighted by Gasteiger charge is 2.07. The summed E-state index contributed by atoms with van der Waals surface area (Å²) in [5.41, 5.74) is 5.71. The lowest BCUT2D eigenvalue weighted by molar-refractivity contribution is 0.574. The van der Waals surface area contributed by atoms with Gasteiger partial charge in [0.2, 0.25) is 5.95 Å². The fourth-order valence-electron chi connectivity index (χ4n) is 1.17. The SMILES string of the molecule is Nc1nsc(Cc2ccc(F)cc2F)n1. The van der Waals surface area contributed by atoms with Crippen LogP contribution >= 0.6 is 11.5 Å². The number of hydrogen-bond donors (Lipinski definition) is 1.